The summed E-state index contributed by atoms with van der Waals surface area (Å²) in [5.41, 5.74) is 0.482. The van der Waals surface area contributed by atoms with Gasteiger partial charge in [0.1, 0.15) is 0 Å². The SMILES string of the molecule is Cc1ccc(OC(=O)c2ccc(Cl)cc2Cl)c([N+](=O)[O-])c1. The number of ether oxygens (including phenoxy) is 1. The third-order valence-electron chi connectivity index (χ3n) is 2.66. The standard InChI is InChI=1S/C14H9Cl2NO4/c1-8-2-5-13(12(6-8)17(19)20)21-14(18)10-4-3-9(15)7-11(10)16/h2-7H,1H3. The number of carbonyl (C=O) groups is 1. The number of hydrogen-bond acceptors (Lipinski definition) is 4. The van der Waals surface area contributed by atoms with Gasteiger partial charge in [-0.2, -0.15) is 0 Å². The van der Waals surface area contributed by atoms with E-state index in [1.54, 1.807) is 13.0 Å². The predicted molar refractivity (Wildman–Crippen MR) is 79.3 cm³/mol. The fourth-order valence-electron chi connectivity index (χ4n) is 1.67. The Bertz CT molecular complexity index is 731. The van der Waals surface area contributed by atoms with Gasteiger partial charge in [0.25, 0.3) is 0 Å². The molecule has 21 heavy (non-hydrogen) atoms. The van der Waals surface area contributed by atoms with E-state index in [1.807, 2.05) is 0 Å². The number of aryl methyl sites for hydroxylation is 1. The number of nitrogens with zero attached hydrogens (tertiary/aromatic N) is 1. The molecule has 108 valence electrons. The van der Waals surface area contributed by atoms with Gasteiger partial charge in [0.15, 0.2) is 0 Å². The lowest BCUT2D eigenvalue weighted by Crippen LogP contribution is -2.10. The molecule has 0 atom stereocenters. The number of hydrogen-bond donors (Lipinski definition) is 0. The van der Waals surface area contributed by atoms with E-state index in [9.17, 15) is 14.9 Å². The van der Waals surface area contributed by atoms with E-state index in [0.29, 0.717) is 10.6 Å². The molecule has 0 saturated carbocycles. The molecule has 0 aliphatic rings. The van der Waals surface area contributed by atoms with Crippen LogP contribution in [0.5, 0.6) is 5.75 Å². The monoisotopic (exact) mass is 325 g/mol. The zero-order valence-corrected chi connectivity index (χ0v) is 12.3. The Hall–Kier alpha value is -2.11. The molecule has 0 bridgehead atoms. The lowest BCUT2D eigenvalue weighted by molar-refractivity contribution is -0.385. The van der Waals surface area contributed by atoms with Crippen LogP contribution in [0.4, 0.5) is 5.69 Å². The molecule has 7 heteroatoms. The molecular formula is C14H9Cl2NO4. The van der Waals surface area contributed by atoms with Crippen LogP contribution in [-0.2, 0) is 0 Å². The van der Waals surface area contributed by atoms with Gasteiger partial charge in [-0.15, -0.1) is 0 Å². The van der Waals surface area contributed by atoms with Gasteiger partial charge in [0.05, 0.1) is 15.5 Å². The Morgan fingerprint density at radius 2 is 1.90 bits per heavy atom. The van der Waals surface area contributed by atoms with Gasteiger partial charge in [-0.25, -0.2) is 4.79 Å². The van der Waals surface area contributed by atoms with Gasteiger partial charge in [0, 0.05) is 11.1 Å². The first kappa shape index (κ1) is 15.3. The summed E-state index contributed by atoms with van der Waals surface area (Å²) < 4.78 is 5.06. The minimum atomic E-state index is -0.788. The van der Waals surface area contributed by atoms with Crippen molar-refractivity contribution >= 4 is 34.9 Å². The van der Waals surface area contributed by atoms with Gasteiger partial charge < -0.3 is 4.74 Å². The second kappa shape index (κ2) is 6.11. The zero-order valence-electron chi connectivity index (χ0n) is 10.8. The van der Waals surface area contributed by atoms with Crippen LogP contribution in [0, 0.1) is 17.0 Å². The number of carbonyl (C=O) groups excluding carboxylic acids is 1. The summed E-state index contributed by atoms with van der Waals surface area (Å²) in [5.74, 6) is -0.926. The van der Waals surface area contributed by atoms with Crippen molar-refractivity contribution in [3.05, 3.63) is 67.7 Å². The van der Waals surface area contributed by atoms with E-state index in [0.717, 1.165) is 0 Å². The summed E-state index contributed by atoms with van der Waals surface area (Å²) in [6.07, 6.45) is 0. The Kier molecular flexibility index (Phi) is 4.45. The highest BCUT2D eigenvalue weighted by Gasteiger charge is 2.20. The molecule has 5 nitrogen and oxygen atoms in total. The third kappa shape index (κ3) is 3.51. The first-order chi connectivity index (χ1) is 9.88. The number of halogens is 2. The van der Waals surface area contributed by atoms with Crippen molar-refractivity contribution in [1.29, 1.82) is 0 Å². The number of esters is 1. The van der Waals surface area contributed by atoms with Crippen LogP contribution in [-0.4, -0.2) is 10.9 Å². The maximum absolute atomic E-state index is 12.0. The van der Waals surface area contributed by atoms with Crippen LogP contribution in [0.15, 0.2) is 36.4 Å². The largest absolute Gasteiger partial charge is 0.416 e. The third-order valence-corrected chi connectivity index (χ3v) is 3.21. The Balaban J connectivity index is 2.34. The van der Waals surface area contributed by atoms with Crippen molar-refractivity contribution in [3.63, 3.8) is 0 Å². The maximum Gasteiger partial charge on any atom is 0.345 e. The first-order valence-electron chi connectivity index (χ1n) is 5.81. The number of rotatable bonds is 3. The van der Waals surface area contributed by atoms with Crippen LogP contribution in [0.3, 0.4) is 0 Å². The number of benzene rings is 2. The predicted octanol–water partition coefficient (Wildman–Crippen LogP) is 4.43. The minimum Gasteiger partial charge on any atom is -0.416 e. The summed E-state index contributed by atoms with van der Waals surface area (Å²) in [7, 11) is 0. The molecule has 0 spiro atoms. The van der Waals surface area contributed by atoms with Gasteiger partial charge in [0.2, 0.25) is 5.75 Å². The highest BCUT2D eigenvalue weighted by Crippen LogP contribution is 2.29. The summed E-state index contributed by atoms with van der Waals surface area (Å²) in [6, 6.07) is 8.57. The number of nitro groups is 1. The van der Waals surface area contributed by atoms with E-state index in [4.69, 9.17) is 27.9 Å². The van der Waals surface area contributed by atoms with Crippen molar-refractivity contribution in [1.82, 2.24) is 0 Å². The molecule has 0 unspecified atom stereocenters. The van der Waals surface area contributed by atoms with E-state index in [2.05, 4.69) is 0 Å². The summed E-state index contributed by atoms with van der Waals surface area (Å²) in [6.45, 7) is 1.70. The van der Waals surface area contributed by atoms with Crippen LogP contribution >= 0.6 is 23.2 Å². The number of nitro benzene ring substituents is 1. The van der Waals surface area contributed by atoms with Crippen LogP contribution in [0.1, 0.15) is 15.9 Å². The topological polar surface area (TPSA) is 69.4 Å². The molecule has 0 aromatic heterocycles. The average Bonchev–Trinajstić information content (AvgIpc) is 2.40. The zero-order chi connectivity index (χ0) is 15.6. The Labute approximate surface area is 130 Å². The Morgan fingerprint density at radius 3 is 2.52 bits per heavy atom. The smallest absolute Gasteiger partial charge is 0.345 e. The van der Waals surface area contributed by atoms with Crippen molar-refractivity contribution in [2.45, 2.75) is 6.92 Å². The van der Waals surface area contributed by atoms with E-state index < -0.39 is 10.9 Å². The molecule has 0 amide bonds. The van der Waals surface area contributed by atoms with Crippen molar-refractivity contribution in [2.75, 3.05) is 0 Å². The Morgan fingerprint density at radius 1 is 1.19 bits per heavy atom. The fourth-order valence-corrected chi connectivity index (χ4v) is 2.15. The van der Waals surface area contributed by atoms with Crippen molar-refractivity contribution in [3.8, 4) is 5.75 Å². The van der Waals surface area contributed by atoms with Gasteiger partial charge in [-0.1, -0.05) is 29.3 Å². The van der Waals surface area contributed by atoms with Gasteiger partial charge in [-0.3, -0.25) is 10.1 Å². The molecule has 2 aromatic carbocycles. The van der Waals surface area contributed by atoms with Gasteiger partial charge in [-0.05, 0) is 36.8 Å². The summed E-state index contributed by atoms with van der Waals surface area (Å²) in [5, 5.41) is 11.5. The van der Waals surface area contributed by atoms with Gasteiger partial charge >= 0.3 is 11.7 Å². The normalized spacial score (nSPS) is 10.2. The molecule has 0 aliphatic carbocycles. The van der Waals surface area contributed by atoms with E-state index >= 15 is 0 Å². The van der Waals surface area contributed by atoms with Crippen LogP contribution in [0.25, 0.3) is 0 Å². The van der Waals surface area contributed by atoms with E-state index in [1.165, 1.54) is 30.3 Å². The van der Waals surface area contributed by atoms with E-state index in [-0.39, 0.29) is 22.0 Å². The second-order valence-electron chi connectivity index (χ2n) is 4.24. The molecule has 2 rings (SSSR count). The summed E-state index contributed by atoms with van der Waals surface area (Å²) >= 11 is 11.6. The fraction of sp³-hybridized carbons (Fsp3) is 0.0714. The molecular weight excluding hydrogens is 317 g/mol. The molecule has 0 saturated heterocycles. The quantitative estimate of drug-likeness (QED) is 0.362. The molecule has 0 fully saturated rings. The lowest BCUT2D eigenvalue weighted by Gasteiger charge is -2.07. The molecule has 2 aromatic rings. The highest BCUT2D eigenvalue weighted by molar-refractivity contribution is 6.36. The van der Waals surface area contributed by atoms with Crippen molar-refractivity contribution in [2.24, 2.45) is 0 Å². The average molecular weight is 326 g/mol. The summed E-state index contributed by atoms with van der Waals surface area (Å²) in [4.78, 5) is 22.4. The second-order valence-corrected chi connectivity index (χ2v) is 5.09. The molecule has 0 heterocycles. The van der Waals surface area contributed by atoms with Crippen molar-refractivity contribution < 1.29 is 14.5 Å². The first-order valence-corrected chi connectivity index (χ1v) is 6.56. The molecule has 0 N–H and O–H groups in total. The highest BCUT2D eigenvalue weighted by atomic mass is 35.5. The molecule has 0 radical (unpaired) electrons. The minimum absolute atomic E-state index is 0.0796. The van der Waals surface area contributed by atoms with Crippen LogP contribution in [0.2, 0.25) is 10.0 Å². The maximum atomic E-state index is 12.0. The van der Waals surface area contributed by atoms with Crippen LogP contribution < -0.4 is 4.74 Å². The lowest BCUT2D eigenvalue weighted by atomic mass is 10.2. The molecule has 0 aliphatic heterocycles.